The van der Waals surface area contributed by atoms with Crippen LogP contribution in [0.2, 0.25) is 0 Å². The average molecular weight is 405 g/mol. The highest BCUT2D eigenvalue weighted by molar-refractivity contribution is 5.66. The fourth-order valence-electron chi connectivity index (χ4n) is 8.73. The van der Waals surface area contributed by atoms with Gasteiger partial charge in [-0.15, -0.1) is 4.91 Å². The number of nitrogens with zero attached hydrogens (tertiary/aromatic N) is 2. The molecule has 0 N–H and O–H groups in total. The number of fused-ring (bicyclic) bond motifs is 5. The van der Waals surface area contributed by atoms with Crippen LogP contribution in [-0.4, -0.2) is 30.2 Å². The lowest BCUT2D eigenvalue weighted by atomic mass is 9.44. The van der Waals surface area contributed by atoms with E-state index in [1.54, 1.807) is 11.9 Å². The van der Waals surface area contributed by atoms with Crippen molar-refractivity contribution in [2.45, 2.75) is 97.6 Å². The average Bonchev–Trinajstić information content (AvgIpc) is 3.03. The van der Waals surface area contributed by atoms with Crippen molar-refractivity contribution in [3.8, 4) is 0 Å². The Labute approximate surface area is 176 Å². The minimum Gasteiger partial charge on any atom is -0.463 e. The Balaban J connectivity index is 1.51. The van der Waals surface area contributed by atoms with E-state index in [1.807, 2.05) is 7.05 Å². The number of rotatable bonds is 4. The highest BCUT2D eigenvalue weighted by Gasteiger charge is 2.61. The molecule has 0 amide bonds. The maximum absolute atomic E-state index is 11.4. The molecule has 5 heteroatoms. The van der Waals surface area contributed by atoms with Gasteiger partial charge in [0.2, 0.25) is 0 Å². The molecular weight excluding hydrogens is 364 g/mol. The second-order valence-electron chi connectivity index (χ2n) is 11.3. The fourth-order valence-corrected chi connectivity index (χ4v) is 8.73. The van der Waals surface area contributed by atoms with Crippen molar-refractivity contribution in [1.82, 2.24) is 5.01 Å². The molecule has 4 aliphatic carbocycles. The largest absolute Gasteiger partial charge is 0.463 e. The molecule has 0 aromatic carbocycles. The first kappa shape index (κ1) is 21.1. The molecule has 4 saturated carbocycles. The molecule has 0 saturated heterocycles. The van der Waals surface area contributed by atoms with E-state index in [-0.39, 0.29) is 18.1 Å². The zero-order valence-corrected chi connectivity index (χ0v) is 19.0. The van der Waals surface area contributed by atoms with Crippen molar-refractivity contribution in [3.63, 3.8) is 0 Å². The fraction of sp³-hybridized carbons (Fsp3) is 0.958. The molecule has 4 aliphatic rings. The predicted molar refractivity (Wildman–Crippen MR) is 114 cm³/mol. The molecule has 0 spiro atoms. The van der Waals surface area contributed by atoms with Crippen LogP contribution >= 0.6 is 0 Å². The Hall–Kier alpha value is -1.13. The summed E-state index contributed by atoms with van der Waals surface area (Å²) < 4.78 is 5.60. The van der Waals surface area contributed by atoms with Crippen molar-refractivity contribution in [3.05, 3.63) is 4.91 Å². The van der Waals surface area contributed by atoms with E-state index in [4.69, 9.17) is 4.74 Å². The van der Waals surface area contributed by atoms with Crippen LogP contribution in [0.1, 0.15) is 85.5 Å². The van der Waals surface area contributed by atoms with E-state index < -0.39 is 0 Å². The Kier molecular flexibility index (Phi) is 5.48. The van der Waals surface area contributed by atoms with Gasteiger partial charge in [0.1, 0.15) is 6.10 Å². The van der Waals surface area contributed by atoms with Crippen molar-refractivity contribution in [1.29, 1.82) is 0 Å². The number of esters is 1. The zero-order chi connectivity index (χ0) is 21.0. The third kappa shape index (κ3) is 3.31. The normalized spacial score (nSPS) is 47.3. The SMILES string of the molecule is CC(=O)O[C@@H]1CC[C@@]2(C)[C@@H](CC[C@H]3[C@H]4CC[C@H]([C@H](C)N(C)N=O)[C@]4(C)CC[C@H]32)C1. The van der Waals surface area contributed by atoms with Crippen LogP contribution in [0.25, 0.3) is 0 Å². The van der Waals surface area contributed by atoms with Gasteiger partial charge in [-0.3, -0.25) is 9.80 Å². The summed E-state index contributed by atoms with van der Waals surface area (Å²) in [4.78, 5) is 22.6. The molecule has 5 nitrogen and oxygen atoms in total. The summed E-state index contributed by atoms with van der Waals surface area (Å²) in [5.74, 6) is 3.58. The van der Waals surface area contributed by atoms with Crippen LogP contribution in [0.3, 0.4) is 0 Å². The van der Waals surface area contributed by atoms with Crippen molar-refractivity contribution >= 4 is 5.97 Å². The highest BCUT2D eigenvalue weighted by atomic mass is 16.5. The van der Waals surface area contributed by atoms with E-state index in [2.05, 4.69) is 26.1 Å². The summed E-state index contributed by atoms with van der Waals surface area (Å²) in [6.45, 7) is 8.81. The van der Waals surface area contributed by atoms with Crippen LogP contribution in [0.5, 0.6) is 0 Å². The summed E-state index contributed by atoms with van der Waals surface area (Å²) in [5.41, 5.74) is 0.753. The number of hydrogen-bond donors (Lipinski definition) is 0. The number of carbonyl (C=O) groups excluding carboxylic acids is 1. The van der Waals surface area contributed by atoms with Gasteiger partial charge in [-0.25, -0.2) is 0 Å². The quantitative estimate of drug-likeness (QED) is 0.349. The Morgan fingerprint density at radius 1 is 1.03 bits per heavy atom. The molecule has 0 radical (unpaired) electrons. The van der Waals surface area contributed by atoms with Gasteiger partial charge in [-0.05, 0) is 105 Å². The van der Waals surface area contributed by atoms with Crippen LogP contribution in [0.15, 0.2) is 5.29 Å². The summed E-state index contributed by atoms with van der Waals surface area (Å²) >= 11 is 0. The van der Waals surface area contributed by atoms with Gasteiger partial charge in [0.25, 0.3) is 0 Å². The number of nitroso groups, excluding NO2 is 1. The van der Waals surface area contributed by atoms with E-state index in [9.17, 15) is 9.70 Å². The first-order chi connectivity index (χ1) is 13.7. The van der Waals surface area contributed by atoms with Crippen molar-refractivity contribution in [2.75, 3.05) is 7.05 Å². The first-order valence-electron chi connectivity index (χ1n) is 11.9. The maximum atomic E-state index is 11.4. The van der Waals surface area contributed by atoms with Gasteiger partial charge in [0.15, 0.2) is 0 Å². The first-order valence-corrected chi connectivity index (χ1v) is 11.9. The van der Waals surface area contributed by atoms with Gasteiger partial charge in [-0.1, -0.05) is 13.8 Å². The highest BCUT2D eigenvalue weighted by Crippen LogP contribution is 2.68. The smallest absolute Gasteiger partial charge is 0.302 e. The molecule has 4 rings (SSSR count). The lowest BCUT2D eigenvalue weighted by Crippen LogP contribution is -2.55. The molecule has 0 bridgehead atoms. The molecule has 0 unspecified atom stereocenters. The monoisotopic (exact) mass is 404 g/mol. The van der Waals surface area contributed by atoms with E-state index in [0.29, 0.717) is 22.7 Å². The Bertz CT molecular complexity index is 654. The Morgan fingerprint density at radius 2 is 1.72 bits per heavy atom. The van der Waals surface area contributed by atoms with Gasteiger partial charge in [0, 0.05) is 14.0 Å². The third-order valence-electron chi connectivity index (χ3n) is 10.3. The van der Waals surface area contributed by atoms with E-state index >= 15 is 0 Å². The number of ether oxygens (including phenoxy) is 1. The van der Waals surface area contributed by atoms with Crippen LogP contribution in [0.4, 0.5) is 0 Å². The molecule has 29 heavy (non-hydrogen) atoms. The van der Waals surface area contributed by atoms with Crippen LogP contribution < -0.4 is 0 Å². The number of carbonyl (C=O) groups is 1. The second-order valence-corrected chi connectivity index (χ2v) is 11.3. The summed E-state index contributed by atoms with van der Waals surface area (Å²) in [6, 6.07) is 0.227. The van der Waals surface area contributed by atoms with Crippen molar-refractivity contribution < 1.29 is 9.53 Å². The molecule has 4 fully saturated rings. The molecule has 0 aromatic heterocycles. The predicted octanol–water partition coefficient (Wildman–Crippen LogP) is 5.58. The molecular formula is C24H40N2O3. The molecule has 0 aliphatic heterocycles. The summed E-state index contributed by atoms with van der Waals surface area (Å²) in [6.07, 6.45) is 11.2. The minimum absolute atomic E-state index is 0.123. The third-order valence-corrected chi connectivity index (χ3v) is 10.3. The standard InChI is InChI=1S/C24H40N2O3/c1-15(26(5)25-28)20-8-9-21-19-7-6-17-14-18(29-16(2)27)10-12-23(17,3)22(19)11-13-24(20,21)4/h15,17-22H,6-14H2,1-5H3/t15-,17-,18+,19-,20+,21+,22+,23-,24-/m0/s1. The lowest BCUT2D eigenvalue weighted by Gasteiger charge is -2.61. The molecule has 0 aromatic rings. The van der Waals surface area contributed by atoms with Crippen molar-refractivity contribution in [2.24, 2.45) is 45.7 Å². The molecule has 164 valence electrons. The molecule has 9 atom stereocenters. The maximum Gasteiger partial charge on any atom is 0.302 e. The zero-order valence-electron chi connectivity index (χ0n) is 19.0. The van der Waals surface area contributed by atoms with E-state index in [1.165, 1.54) is 44.9 Å². The Morgan fingerprint density at radius 3 is 2.41 bits per heavy atom. The lowest BCUT2D eigenvalue weighted by molar-refractivity contribution is -0.160. The van der Waals surface area contributed by atoms with Gasteiger partial charge < -0.3 is 4.74 Å². The van der Waals surface area contributed by atoms with Gasteiger partial charge >= 0.3 is 5.97 Å². The number of hydrogen-bond acceptors (Lipinski definition) is 4. The van der Waals surface area contributed by atoms with Gasteiger partial charge in [0.05, 0.1) is 11.3 Å². The summed E-state index contributed by atoms with van der Waals surface area (Å²) in [7, 11) is 1.84. The van der Waals surface area contributed by atoms with Gasteiger partial charge in [-0.2, -0.15) is 0 Å². The van der Waals surface area contributed by atoms with E-state index in [0.717, 1.165) is 30.6 Å². The summed E-state index contributed by atoms with van der Waals surface area (Å²) in [5, 5.41) is 4.87. The van der Waals surface area contributed by atoms with Crippen LogP contribution in [0, 0.1) is 45.3 Å². The molecule has 0 heterocycles. The van der Waals surface area contributed by atoms with Crippen LogP contribution in [-0.2, 0) is 9.53 Å². The minimum atomic E-state index is -0.123. The second kappa shape index (κ2) is 7.53. The topological polar surface area (TPSA) is 59.0 Å².